The second-order valence-corrected chi connectivity index (χ2v) is 5.03. The first-order valence-corrected chi connectivity index (χ1v) is 7.14. The van der Waals surface area contributed by atoms with Crippen LogP contribution in [0.4, 0.5) is 5.69 Å². The van der Waals surface area contributed by atoms with E-state index >= 15 is 0 Å². The highest BCUT2D eigenvalue weighted by molar-refractivity contribution is 6.39. The van der Waals surface area contributed by atoms with Crippen molar-refractivity contribution in [2.24, 2.45) is 5.10 Å². The maximum Gasteiger partial charge on any atom is 0.329 e. The number of amides is 2. The third-order valence-corrected chi connectivity index (χ3v) is 3.14. The van der Waals surface area contributed by atoms with Crippen LogP contribution in [0, 0.1) is 0 Å². The molecule has 0 radical (unpaired) electrons. The zero-order valence-electron chi connectivity index (χ0n) is 12.6. The van der Waals surface area contributed by atoms with Gasteiger partial charge in [0.05, 0.1) is 13.3 Å². The highest BCUT2D eigenvalue weighted by Crippen LogP contribution is 2.25. The molecule has 0 aliphatic carbocycles. The van der Waals surface area contributed by atoms with Crippen molar-refractivity contribution in [2.75, 3.05) is 12.4 Å². The molecule has 2 aromatic carbocycles. The van der Waals surface area contributed by atoms with Crippen LogP contribution in [0.3, 0.4) is 0 Å². The van der Waals surface area contributed by atoms with E-state index in [1.165, 1.54) is 25.5 Å². The third kappa shape index (κ3) is 4.72. The summed E-state index contributed by atoms with van der Waals surface area (Å²) < 4.78 is 4.95. The van der Waals surface area contributed by atoms with Crippen molar-refractivity contribution in [2.45, 2.75) is 0 Å². The molecule has 24 heavy (non-hydrogen) atoms. The first-order chi connectivity index (χ1) is 11.5. The average molecular weight is 348 g/mol. The van der Waals surface area contributed by atoms with E-state index in [9.17, 15) is 14.7 Å². The van der Waals surface area contributed by atoms with Crippen molar-refractivity contribution in [3.05, 3.63) is 53.1 Å². The van der Waals surface area contributed by atoms with Gasteiger partial charge < -0.3 is 15.2 Å². The largest absolute Gasteiger partial charge is 0.504 e. The SMILES string of the molecule is COc1cc(/C=N/NC(=O)C(=O)Nc2ccc(Cl)cc2)ccc1O. The lowest BCUT2D eigenvalue weighted by Crippen LogP contribution is -2.32. The standard InChI is InChI=1S/C16H14ClN3O4/c1-24-14-8-10(2-7-13(14)21)9-18-20-16(23)15(22)19-12-5-3-11(17)4-6-12/h2-9,21H,1H3,(H,19,22)(H,20,23)/b18-9+. The van der Waals surface area contributed by atoms with Gasteiger partial charge in [0.15, 0.2) is 11.5 Å². The number of nitrogens with zero attached hydrogens (tertiary/aromatic N) is 1. The van der Waals surface area contributed by atoms with Gasteiger partial charge in [0, 0.05) is 10.7 Å². The van der Waals surface area contributed by atoms with E-state index in [4.69, 9.17) is 16.3 Å². The van der Waals surface area contributed by atoms with Crippen molar-refractivity contribution in [3.8, 4) is 11.5 Å². The van der Waals surface area contributed by atoms with Gasteiger partial charge in [-0.15, -0.1) is 0 Å². The highest BCUT2D eigenvalue weighted by atomic mass is 35.5. The number of aromatic hydroxyl groups is 1. The molecule has 7 nitrogen and oxygen atoms in total. The second kappa shape index (κ2) is 7.98. The maximum atomic E-state index is 11.7. The summed E-state index contributed by atoms with van der Waals surface area (Å²) in [7, 11) is 1.42. The lowest BCUT2D eigenvalue weighted by Gasteiger charge is -2.04. The summed E-state index contributed by atoms with van der Waals surface area (Å²) in [5, 5.41) is 16.1. The highest BCUT2D eigenvalue weighted by Gasteiger charge is 2.12. The Morgan fingerprint density at radius 1 is 1.17 bits per heavy atom. The number of benzene rings is 2. The van der Waals surface area contributed by atoms with Gasteiger partial charge in [0.1, 0.15) is 0 Å². The fraction of sp³-hybridized carbons (Fsp3) is 0.0625. The number of anilines is 1. The van der Waals surface area contributed by atoms with E-state index < -0.39 is 11.8 Å². The van der Waals surface area contributed by atoms with E-state index in [0.29, 0.717) is 16.3 Å². The zero-order valence-corrected chi connectivity index (χ0v) is 13.4. The molecule has 0 bridgehead atoms. The van der Waals surface area contributed by atoms with Gasteiger partial charge in [-0.05, 0) is 48.0 Å². The minimum Gasteiger partial charge on any atom is -0.504 e. The van der Waals surface area contributed by atoms with Gasteiger partial charge in [0.25, 0.3) is 0 Å². The summed E-state index contributed by atoms with van der Waals surface area (Å²) in [5.74, 6) is -1.53. The summed E-state index contributed by atoms with van der Waals surface area (Å²) in [4.78, 5) is 23.4. The number of phenolic OH excluding ortho intramolecular Hbond substituents is 1. The Labute approximate surface area is 142 Å². The molecule has 0 saturated carbocycles. The van der Waals surface area contributed by atoms with E-state index in [-0.39, 0.29) is 11.5 Å². The molecular formula is C16H14ClN3O4. The van der Waals surface area contributed by atoms with E-state index in [1.54, 1.807) is 30.3 Å². The predicted octanol–water partition coefficient (Wildman–Crippen LogP) is 2.14. The van der Waals surface area contributed by atoms with Gasteiger partial charge in [-0.1, -0.05) is 11.6 Å². The number of nitrogens with one attached hydrogen (secondary N) is 2. The number of hydrogen-bond acceptors (Lipinski definition) is 5. The molecule has 0 aliphatic rings. The van der Waals surface area contributed by atoms with Gasteiger partial charge in [-0.2, -0.15) is 5.10 Å². The van der Waals surface area contributed by atoms with Crippen LogP contribution in [-0.4, -0.2) is 30.2 Å². The molecule has 124 valence electrons. The minimum absolute atomic E-state index is 0.0129. The number of halogens is 1. The Kier molecular flexibility index (Phi) is 5.75. The fourth-order valence-corrected chi connectivity index (χ4v) is 1.84. The Morgan fingerprint density at radius 3 is 2.54 bits per heavy atom. The Balaban J connectivity index is 1.92. The molecule has 0 fully saturated rings. The van der Waals surface area contributed by atoms with Crippen LogP contribution in [0.15, 0.2) is 47.6 Å². The summed E-state index contributed by atoms with van der Waals surface area (Å²) in [6.07, 6.45) is 1.31. The van der Waals surface area contributed by atoms with Crippen molar-refractivity contribution in [3.63, 3.8) is 0 Å². The number of methoxy groups -OCH3 is 1. The van der Waals surface area contributed by atoms with Gasteiger partial charge >= 0.3 is 11.8 Å². The van der Waals surface area contributed by atoms with Crippen LogP contribution in [0.1, 0.15) is 5.56 Å². The monoisotopic (exact) mass is 347 g/mol. The minimum atomic E-state index is -0.924. The molecule has 2 aromatic rings. The van der Waals surface area contributed by atoms with Crippen molar-refractivity contribution < 1.29 is 19.4 Å². The quantitative estimate of drug-likeness (QED) is 0.448. The summed E-state index contributed by atoms with van der Waals surface area (Å²) in [6.45, 7) is 0. The molecular weight excluding hydrogens is 334 g/mol. The number of hydrogen-bond donors (Lipinski definition) is 3. The molecule has 0 heterocycles. The molecule has 0 unspecified atom stereocenters. The number of hydrazone groups is 1. The molecule has 3 N–H and O–H groups in total. The van der Waals surface area contributed by atoms with Crippen LogP contribution in [0.2, 0.25) is 5.02 Å². The molecule has 0 aliphatic heterocycles. The molecule has 8 heteroatoms. The first-order valence-electron chi connectivity index (χ1n) is 6.76. The predicted molar refractivity (Wildman–Crippen MR) is 90.5 cm³/mol. The van der Waals surface area contributed by atoms with Crippen molar-refractivity contribution in [1.29, 1.82) is 0 Å². The summed E-state index contributed by atoms with van der Waals surface area (Å²) in [6, 6.07) is 10.8. The smallest absolute Gasteiger partial charge is 0.329 e. The molecule has 0 atom stereocenters. The van der Waals surface area contributed by atoms with Crippen LogP contribution >= 0.6 is 11.6 Å². The first kappa shape index (κ1) is 17.3. The number of phenols is 1. The van der Waals surface area contributed by atoms with E-state index in [2.05, 4.69) is 15.8 Å². The van der Waals surface area contributed by atoms with Gasteiger partial charge in [-0.25, -0.2) is 5.43 Å². The van der Waals surface area contributed by atoms with Crippen LogP contribution < -0.4 is 15.5 Å². The van der Waals surface area contributed by atoms with Gasteiger partial charge in [0.2, 0.25) is 0 Å². The number of rotatable bonds is 4. The topological polar surface area (TPSA) is 100 Å². The van der Waals surface area contributed by atoms with Gasteiger partial charge in [-0.3, -0.25) is 9.59 Å². The average Bonchev–Trinajstić information content (AvgIpc) is 2.58. The molecule has 0 spiro atoms. The molecule has 0 aromatic heterocycles. The third-order valence-electron chi connectivity index (χ3n) is 2.89. The zero-order chi connectivity index (χ0) is 17.5. The Morgan fingerprint density at radius 2 is 1.88 bits per heavy atom. The maximum absolute atomic E-state index is 11.7. The second-order valence-electron chi connectivity index (χ2n) is 4.59. The number of carbonyl (C=O) groups excluding carboxylic acids is 2. The van der Waals surface area contributed by atoms with Crippen LogP contribution in [0.5, 0.6) is 11.5 Å². The molecule has 0 saturated heterocycles. The molecule has 2 amide bonds. The van der Waals surface area contributed by atoms with E-state index in [0.717, 1.165) is 0 Å². The lowest BCUT2D eigenvalue weighted by atomic mass is 10.2. The van der Waals surface area contributed by atoms with E-state index in [1.807, 2.05) is 0 Å². The number of carbonyl (C=O) groups is 2. The summed E-state index contributed by atoms with van der Waals surface area (Å²) in [5.41, 5.74) is 3.11. The lowest BCUT2D eigenvalue weighted by molar-refractivity contribution is -0.136. The fourth-order valence-electron chi connectivity index (χ4n) is 1.71. The van der Waals surface area contributed by atoms with Crippen LogP contribution in [-0.2, 0) is 9.59 Å². The Bertz CT molecular complexity index is 775. The van der Waals surface area contributed by atoms with Crippen molar-refractivity contribution in [1.82, 2.24) is 5.43 Å². The summed E-state index contributed by atoms with van der Waals surface area (Å²) >= 11 is 5.73. The molecule has 2 rings (SSSR count). The Hall–Kier alpha value is -3.06. The normalized spacial score (nSPS) is 10.4. The van der Waals surface area contributed by atoms with Crippen LogP contribution in [0.25, 0.3) is 0 Å². The number of ether oxygens (including phenoxy) is 1. The van der Waals surface area contributed by atoms with Crippen molar-refractivity contribution >= 4 is 35.3 Å².